The van der Waals surface area contributed by atoms with Gasteiger partial charge in [0.05, 0.1) is 14.2 Å². The molecule has 1 aromatic rings. The topological polar surface area (TPSA) is 50.7 Å². The largest absolute Gasteiger partial charge is 0.502 e. The number of ether oxygens (including phenoxy) is 2. The summed E-state index contributed by atoms with van der Waals surface area (Å²) in [6.07, 6.45) is 1.13. The van der Waals surface area contributed by atoms with E-state index in [4.69, 9.17) is 9.47 Å². The first-order chi connectivity index (χ1) is 8.93. The van der Waals surface area contributed by atoms with Gasteiger partial charge in [-0.2, -0.15) is 0 Å². The van der Waals surface area contributed by atoms with Gasteiger partial charge >= 0.3 is 0 Å². The van der Waals surface area contributed by atoms with Crippen LogP contribution in [0.1, 0.15) is 32.8 Å². The standard InChI is InChI=1S/C15H25NO3/c1-6-15(2,3)10-16-9-11-7-12(18-4)14(17)13(8-11)19-5/h7-8,16-17H,6,9-10H2,1-5H3. The molecule has 0 bridgehead atoms. The molecule has 0 amide bonds. The minimum atomic E-state index is 0.0441. The maximum Gasteiger partial charge on any atom is 0.200 e. The molecule has 1 rings (SSSR count). The molecular formula is C15H25NO3. The number of methoxy groups -OCH3 is 2. The molecule has 2 N–H and O–H groups in total. The van der Waals surface area contributed by atoms with Crippen LogP contribution in [-0.4, -0.2) is 25.9 Å². The summed E-state index contributed by atoms with van der Waals surface area (Å²) in [5.74, 6) is 0.916. The molecule has 0 fully saturated rings. The van der Waals surface area contributed by atoms with Crippen molar-refractivity contribution in [3.8, 4) is 17.2 Å². The lowest BCUT2D eigenvalue weighted by Crippen LogP contribution is -2.28. The summed E-state index contributed by atoms with van der Waals surface area (Å²) in [7, 11) is 3.07. The summed E-state index contributed by atoms with van der Waals surface area (Å²) in [5.41, 5.74) is 1.31. The van der Waals surface area contributed by atoms with Gasteiger partial charge in [0, 0.05) is 13.1 Å². The summed E-state index contributed by atoms with van der Waals surface area (Å²) in [5, 5.41) is 13.3. The molecule has 4 nitrogen and oxygen atoms in total. The van der Waals surface area contributed by atoms with Crippen molar-refractivity contribution in [2.45, 2.75) is 33.7 Å². The molecular weight excluding hydrogens is 242 g/mol. The van der Waals surface area contributed by atoms with Crippen LogP contribution in [0.5, 0.6) is 17.2 Å². The van der Waals surface area contributed by atoms with E-state index >= 15 is 0 Å². The molecule has 0 aliphatic heterocycles. The van der Waals surface area contributed by atoms with E-state index in [1.165, 1.54) is 14.2 Å². The molecule has 0 saturated carbocycles. The molecule has 0 saturated heterocycles. The number of rotatable bonds is 7. The normalized spacial score (nSPS) is 11.4. The van der Waals surface area contributed by atoms with Crippen LogP contribution in [-0.2, 0) is 6.54 Å². The van der Waals surface area contributed by atoms with E-state index in [0.29, 0.717) is 11.5 Å². The van der Waals surface area contributed by atoms with Crippen LogP contribution in [0, 0.1) is 5.41 Å². The van der Waals surface area contributed by atoms with E-state index < -0.39 is 0 Å². The minimum absolute atomic E-state index is 0.0441. The molecule has 1 aromatic carbocycles. The Bertz CT molecular complexity index is 391. The van der Waals surface area contributed by atoms with Gasteiger partial charge in [0.1, 0.15) is 0 Å². The van der Waals surface area contributed by atoms with Crippen molar-refractivity contribution >= 4 is 0 Å². The second-order valence-corrected chi connectivity index (χ2v) is 5.47. The Morgan fingerprint density at radius 3 is 2.11 bits per heavy atom. The summed E-state index contributed by atoms with van der Waals surface area (Å²) >= 11 is 0. The highest BCUT2D eigenvalue weighted by molar-refractivity contribution is 5.52. The van der Waals surface area contributed by atoms with Crippen LogP contribution in [0.3, 0.4) is 0 Å². The third-order valence-corrected chi connectivity index (χ3v) is 3.43. The quantitative estimate of drug-likeness (QED) is 0.797. The van der Waals surface area contributed by atoms with Crippen molar-refractivity contribution in [1.82, 2.24) is 5.32 Å². The third kappa shape index (κ3) is 4.31. The molecule has 0 aliphatic rings. The van der Waals surface area contributed by atoms with Crippen molar-refractivity contribution in [1.29, 1.82) is 0 Å². The van der Waals surface area contributed by atoms with Gasteiger partial charge in [-0.3, -0.25) is 0 Å². The Kier molecular flexibility index (Phi) is 5.48. The van der Waals surface area contributed by atoms with E-state index in [9.17, 15) is 5.11 Å². The van der Waals surface area contributed by atoms with Gasteiger partial charge in [0.2, 0.25) is 5.75 Å². The van der Waals surface area contributed by atoms with Crippen molar-refractivity contribution < 1.29 is 14.6 Å². The van der Waals surface area contributed by atoms with E-state index in [-0.39, 0.29) is 11.2 Å². The van der Waals surface area contributed by atoms with Crippen molar-refractivity contribution in [2.75, 3.05) is 20.8 Å². The molecule has 0 unspecified atom stereocenters. The van der Waals surface area contributed by atoms with Gasteiger partial charge in [-0.05, 0) is 29.5 Å². The smallest absolute Gasteiger partial charge is 0.200 e. The Morgan fingerprint density at radius 1 is 1.16 bits per heavy atom. The Balaban J connectivity index is 2.74. The third-order valence-electron chi connectivity index (χ3n) is 3.43. The van der Waals surface area contributed by atoms with Crippen molar-refractivity contribution in [3.63, 3.8) is 0 Å². The Hall–Kier alpha value is -1.42. The highest BCUT2D eigenvalue weighted by Gasteiger charge is 2.15. The number of nitrogens with one attached hydrogen (secondary N) is 1. The first kappa shape index (κ1) is 15.6. The maximum absolute atomic E-state index is 9.84. The van der Waals surface area contributed by atoms with Crippen LogP contribution >= 0.6 is 0 Å². The zero-order chi connectivity index (χ0) is 14.5. The van der Waals surface area contributed by atoms with Gasteiger partial charge in [-0.15, -0.1) is 0 Å². The van der Waals surface area contributed by atoms with Gasteiger partial charge in [-0.1, -0.05) is 20.8 Å². The number of aromatic hydroxyl groups is 1. The number of benzene rings is 1. The number of hydrogen-bond acceptors (Lipinski definition) is 4. The van der Waals surface area contributed by atoms with Gasteiger partial charge in [0.15, 0.2) is 11.5 Å². The second-order valence-electron chi connectivity index (χ2n) is 5.47. The number of phenolic OH excluding ortho intramolecular Hbond substituents is 1. The molecule has 0 radical (unpaired) electrons. The number of hydrogen-bond donors (Lipinski definition) is 2. The lowest BCUT2D eigenvalue weighted by Gasteiger charge is -2.23. The fourth-order valence-corrected chi connectivity index (χ4v) is 1.72. The zero-order valence-corrected chi connectivity index (χ0v) is 12.5. The minimum Gasteiger partial charge on any atom is -0.502 e. The zero-order valence-electron chi connectivity index (χ0n) is 12.5. The lowest BCUT2D eigenvalue weighted by atomic mass is 9.90. The Morgan fingerprint density at radius 2 is 1.68 bits per heavy atom. The van der Waals surface area contributed by atoms with Crippen molar-refractivity contribution in [3.05, 3.63) is 17.7 Å². The van der Waals surface area contributed by atoms with E-state index in [0.717, 1.165) is 25.1 Å². The molecule has 0 atom stereocenters. The van der Waals surface area contributed by atoms with E-state index in [1.54, 1.807) is 0 Å². The van der Waals surface area contributed by atoms with Crippen LogP contribution < -0.4 is 14.8 Å². The first-order valence-corrected chi connectivity index (χ1v) is 6.58. The van der Waals surface area contributed by atoms with Gasteiger partial charge in [-0.25, -0.2) is 0 Å². The highest BCUT2D eigenvalue weighted by Crippen LogP contribution is 2.37. The van der Waals surface area contributed by atoms with Crippen LogP contribution in [0.2, 0.25) is 0 Å². The van der Waals surface area contributed by atoms with Crippen LogP contribution in [0.4, 0.5) is 0 Å². The molecule has 0 aromatic heterocycles. The highest BCUT2D eigenvalue weighted by atomic mass is 16.5. The number of phenols is 1. The molecule has 19 heavy (non-hydrogen) atoms. The maximum atomic E-state index is 9.84. The summed E-state index contributed by atoms with van der Waals surface area (Å²) in [6.45, 7) is 8.32. The fraction of sp³-hybridized carbons (Fsp3) is 0.600. The average molecular weight is 267 g/mol. The average Bonchev–Trinajstić information content (AvgIpc) is 2.40. The molecule has 108 valence electrons. The monoisotopic (exact) mass is 267 g/mol. The van der Waals surface area contributed by atoms with Crippen molar-refractivity contribution in [2.24, 2.45) is 5.41 Å². The van der Waals surface area contributed by atoms with Crippen LogP contribution in [0.25, 0.3) is 0 Å². The molecule has 0 spiro atoms. The van der Waals surface area contributed by atoms with Crippen LogP contribution in [0.15, 0.2) is 12.1 Å². The SMILES string of the molecule is CCC(C)(C)CNCc1cc(OC)c(O)c(OC)c1. The van der Waals surface area contributed by atoms with E-state index in [2.05, 4.69) is 26.1 Å². The molecule has 0 aliphatic carbocycles. The summed E-state index contributed by atoms with van der Waals surface area (Å²) < 4.78 is 10.3. The molecule has 0 heterocycles. The Labute approximate surface area is 115 Å². The fourth-order valence-electron chi connectivity index (χ4n) is 1.72. The first-order valence-electron chi connectivity index (χ1n) is 6.58. The van der Waals surface area contributed by atoms with Gasteiger partial charge < -0.3 is 19.9 Å². The lowest BCUT2D eigenvalue weighted by molar-refractivity contribution is 0.325. The van der Waals surface area contributed by atoms with E-state index in [1.807, 2.05) is 12.1 Å². The molecule has 4 heteroatoms. The summed E-state index contributed by atoms with van der Waals surface area (Å²) in [6, 6.07) is 3.65. The second kappa shape index (κ2) is 6.66. The summed E-state index contributed by atoms with van der Waals surface area (Å²) in [4.78, 5) is 0. The predicted octanol–water partition coefficient (Wildman–Crippen LogP) is 2.94. The van der Waals surface area contributed by atoms with Gasteiger partial charge in [0.25, 0.3) is 0 Å². The predicted molar refractivity (Wildman–Crippen MR) is 77.0 cm³/mol.